The Hall–Kier alpha value is -1.39. The minimum Gasteiger partial charge on any atom is -0.372 e. The maximum absolute atomic E-state index is 5.96. The number of hydrogen-bond donors (Lipinski definition) is 1. The van der Waals surface area contributed by atoms with E-state index in [2.05, 4.69) is 34.8 Å². The average Bonchev–Trinajstić information content (AvgIpc) is 3.14. The van der Waals surface area contributed by atoms with Gasteiger partial charge in [-0.1, -0.05) is 13.8 Å². The summed E-state index contributed by atoms with van der Waals surface area (Å²) in [4.78, 5) is 10.7. The first kappa shape index (κ1) is 15.2. The van der Waals surface area contributed by atoms with Crippen LogP contribution in [0.25, 0.3) is 11.0 Å². The third-order valence-electron chi connectivity index (χ3n) is 5.32. The fourth-order valence-electron chi connectivity index (χ4n) is 4.25. The van der Waals surface area contributed by atoms with Crippen LogP contribution in [0.1, 0.15) is 56.9 Å². The first-order valence-corrected chi connectivity index (χ1v) is 8.92. The van der Waals surface area contributed by atoms with Crippen LogP contribution in [0.3, 0.4) is 0 Å². The van der Waals surface area contributed by atoms with Crippen molar-refractivity contribution in [3.05, 3.63) is 29.6 Å². The molecule has 0 amide bonds. The molecule has 4 nitrogen and oxygen atoms in total. The predicted molar refractivity (Wildman–Crippen MR) is 92.3 cm³/mol. The Bertz CT molecular complexity index is 685. The Kier molecular flexibility index (Phi) is 3.90. The normalized spacial score (nSPS) is 25.2. The summed E-state index contributed by atoms with van der Waals surface area (Å²) in [5, 5.41) is 1.27. The van der Waals surface area contributed by atoms with E-state index >= 15 is 0 Å². The summed E-state index contributed by atoms with van der Waals surface area (Å²) in [6.45, 7) is 9.02. The number of rotatable bonds is 3. The highest BCUT2D eigenvalue weighted by Crippen LogP contribution is 2.36. The van der Waals surface area contributed by atoms with Gasteiger partial charge in [0.1, 0.15) is 5.65 Å². The Morgan fingerprint density at radius 3 is 3.09 bits per heavy atom. The molecule has 2 fully saturated rings. The van der Waals surface area contributed by atoms with Crippen LogP contribution >= 0.6 is 0 Å². The molecule has 0 saturated carbocycles. The van der Waals surface area contributed by atoms with Crippen molar-refractivity contribution >= 4 is 11.0 Å². The summed E-state index contributed by atoms with van der Waals surface area (Å²) in [6, 6.07) is 4.24. The number of aromatic nitrogens is 2. The number of H-pyrrole nitrogens is 1. The predicted octanol–water partition coefficient (Wildman–Crippen LogP) is 4.04. The van der Waals surface area contributed by atoms with Crippen LogP contribution in [0.15, 0.2) is 18.3 Å². The molecule has 4 heteroatoms. The maximum Gasteiger partial charge on any atom is 0.137 e. The lowest BCUT2D eigenvalue weighted by Gasteiger charge is -2.38. The molecule has 23 heavy (non-hydrogen) atoms. The van der Waals surface area contributed by atoms with E-state index < -0.39 is 0 Å². The number of piperidine rings is 1. The zero-order valence-corrected chi connectivity index (χ0v) is 14.3. The molecule has 0 radical (unpaired) electrons. The first-order chi connectivity index (χ1) is 11.1. The van der Waals surface area contributed by atoms with Gasteiger partial charge in [0.2, 0.25) is 0 Å². The number of ether oxygens (including phenoxy) is 1. The quantitative estimate of drug-likeness (QED) is 0.930. The minimum absolute atomic E-state index is 0.219. The standard InChI is InChI=1S/C19H27N3O/c1-19(2)8-5-10-22(13-19)12-15-14-6-3-9-20-18(14)21-17(15)16-7-4-11-23-16/h3,6,9,16H,4-5,7-8,10-13H2,1-2H3,(H,20,21)/t16-/m0/s1. The van der Waals surface area contributed by atoms with Crippen molar-refractivity contribution in [3.63, 3.8) is 0 Å². The van der Waals surface area contributed by atoms with E-state index in [-0.39, 0.29) is 6.10 Å². The average molecular weight is 313 g/mol. The van der Waals surface area contributed by atoms with Gasteiger partial charge in [-0.3, -0.25) is 4.90 Å². The molecule has 2 aliphatic rings. The summed E-state index contributed by atoms with van der Waals surface area (Å²) in [5.41, 5.74) is 4.09. The lowest BCUT2D eigenvalue weighted by molar-refractivity contribution is 0.0999. The van der Waals surface area contributed by atoms with Crippen molar-refractivity contribution in [1.82, 2.24) is 14.9 Å². The van der Waals surface area contributed by atoms with E-state index in [1.54, 1.807) is 0 Å². The molecule has 1 atom stereocenters. The Labute approximate surface area is 138 Å². The van der Waals surface area contributed by atoms with Crippen LogP contribution in [0, 0.1) is 5.41 Å². The van der Waals surface area contributed by atoms with E-state index in [1.807, 2.05) is 12.3 Å². The molecule has 2 aromatic rings. The van der Waals surface area contributed by atoms with Gasteiger partial charge in [-0.05, 0) is 55.3 Å². The zero-order chi connectivity index (χ0) is 15.9. The van der Waals surface area contributed by atoms with Crippen molar-refractivity contribution in [3.8, 4) is 0 Å². The van der Waals surface area contributed by atoms with Gasteiger partial charge < -0.3 is 9.72 Å². The summed E-state index contributed by atoms with van der Waals surface area (Å²) in [6.07, 6.45) is 6.98. The third-order valence-corrected chi connectivity index (χ3v) is 5.32. The Morgan fingerprint density at radius 1 is 1.39 bits per heavy atom. The molecular weight excluding hydrogens is 286 g/mol. The number of fused-ring (bicyclic) bond motifs is 1. The van der Waals surface area contributed by atoms with E-state index in [1.165, 1.54) is 42.6 Å². The van der Waals surface area contributed by atoms with Crippen LogP contribution in [-0.4, -0.2) is 34.6 Å². The number of hydrogen-bond acceptors (Lipinski definition) is 3. The molecule has 2 saturated heterocycles. The van der Waals surface area contributed by atoms with Crippen molar-refractivity contribution < 1.29 is 4.74 Å². The van der Waals surface area contributed by atoms with Crippen LogP contribution in [0.4, 0.5) is 0 Å². The summed E-state index contributed by atoms with van der Waals surface area (Å²) in [5.74, 6) is 0. The molecule has 0 aromatic carbocycles. The number of nitrogens with zero attached hydrogens (tertiary/aromatic N) is 2. The molecule has 2 aromatic heterocycles. The van der Waals surface area contributed by atoms with Gasteiger partial charge in [-0.2, -0.15) is 0 Å². The van der Waals surface area contributed by atoms with Crippen molar-refractivity contribution in [2.75, 3.05) is 19.7 Å². The molecule has 0 unspecified atom stereocenters. The fraction of sp³-hybridized carbons (Fsp3) is 0.632. The van der Waals surface area contributed by atoms with Gasteiger partial charge in [0.05, 0.1) is 11.8 Å². The number of nitrogens with one attached hydrogen (secondary N) is 1. The topological polar surface area (TPSA) is 41.1 Å². The second-order valence-electron chi connectivity index (χ2n) is 7.90. The number of likely N-dealkylation sites (tertiary alicyclic amines) is 1. The second kappa shape index (κ2) is 5.91. The van der Waals surface area contributed by atoms with Crippen LogP contribution in [0.5, 0.6) is 0 Å². The molecular formula is C19H27N3O. The van der Waals surface area contributed by atoms with E-state index in [0.717, 1.165) is 31.6 Å². The third kappa shape index (κ3) is 3.02. The lowest BCUT2D eigenvalue weighted by Crippen LogP contribution is -2.39. The highest BCUT2D eigenvalue weighted by atomic mass is 16.5. The maximum atomic E-state index is 5.96. The van der Waals surface area contributed by atoms with Crippen LogP contribution in [-0.2, 0) is 11.3 Å². The molecule has 0 bridgehead atoms. The SMILES string of the molecule is CC1(C)CCCN(Cc2c([C@@H]3CCCO3)[nH]c3ncccc23)C1. The summed E-state index contributed by atoms with van der Waals surface area (Å²) >= 11 is 0. The number of aromatic amines is 1. The van der Waals surface area contributed by atoms with E-state index in [0.29, 0.717) is 5.41 Å². The van der Waals surface area contributed by atoms with Gasteiger partial charge >= 0.3 is 0 Å². The van der Waals surface area contributed by atoms with Crippen molar-refractivity contribution in [1.29, 1.82) is 0 Å². The van der Waals surface area contributed by atoms with Gasteiger partial charge in [0, 0.05) is 31.3 Å². The van der Waals surface area contributed by atoms with Gasteiger partial charge in [0.15, 0.2) is 0 Å². The van der Waals surface area contributed by atoms with Crippen LogP contribution in [0.2, 0.25) is 0 Å². The smallest absolute Gasteiger partial charge is 0.137 e. The van der Waals surface area contributed by atoms with Gasteiger partial charge in [-0.25, -0.2) is 4.98 Å². The molecule has 4 heterocycles. The fourth-order valence-corrected chi connectivity index (χ4v) is 4.25. The minimum atomic E-state index is 0.219. The van der Waals surface area contributed by atoms with E-state index in [9.17, 15) is 0 Å². The van der Waals surface area contributed by atoms with Crippen molar-refractivity contribution in [2.45, 2.75) is 52.2 Å². The van der Waals surface area contributed by atoms with Gasteiger partial charge in [-0.15, -0.1) is 0 Å². The highest BCUT2D eigenvalue weighted by Gasteiger charge is 2.29. The first-order valence-electron chi connectivity index (χ1n) is 8.92. The monoisotopic (exact) mass is 313 g/mol. The molecule has 0 aliphatic carbocycles. The number of pyridine rings is 1. The Balaban J connectivity index is 1.68. The Morgan fingerprint density at radius 2 is 2.30 bits per heavy atom. The molecule has 4 rings (SSSR count). The van der Waals surface area contributed by atoms with Crippen LogP contribution < -0.4 is 0 Å². The largest absolute Gasteiger partial charge is 0.372 e. The molecule has 1 N–H and O–H groups in total. The molecule has 2 aliphatic heterocycles. The van der Waals surface area contributed by atoms with E-state index in [4.69, 9.17) is 4.74 Å². The summed E-state index contributed by atoms with van der Waals surface area (Å²) in [7, 11) is 0. The van der Waals surface area contributed by atoms with Gasteiger partial charge in [0.25, 0.3) is 0 Å². The lowest BCUT2D eigenvalue weighted by atomic mass is 9.84. The zero-order valence-electron chi connectivity index (χ0n) is 14.3. The second-order valence-corrected chi connectivity index (χ2v) is 7.90. The molecule has 0 spiro atoms. The highest BCUT2D eigenvalue weighted by molar-refractivity contribution is 5.81. The van der Waals surface area contributed by atoms with Crippen molar-refractivity contribution in [2.24, 2.45) is 5.41 Å². The summed E-state index contributed by atoms with van der Waals surface area (Å²) < 4.78 is 5.96. The molecule has 124 valence electrons.